The lowest BCUT2D eigenvalue weighted by molar-refractivity contribution is 0.0225. The molecule has 5 nitrogen and oxygen atoms in total. The van der Waals surface area contributed by atoms with E-state index in [1.807, 2.05) is 31.7 Å². The molecule has 0 unspecified atom stereocenters. The molecule has 0 bridgehead atoms. The summed E-state index contributed by atoms with van der Waals surface area (Å²) in [6.45, 7) is 10.7. The van der Waals surface area contributed by atoms with Crippen molar-refractivity contribution >= 4 is 11.9 Å². The quantitative estimate of drug-likeness (QED) is 0.895. The van der Waals surface area contributed by atoms with Crippen LogP contribution in [0, 0.1) is 0 Å². The van der Waals surface area contributed by atoms with Gasteiger partial charge in [0.25, 0.3) is 0 Å². The lowest BCUT2D eigenvalue weighted by Crippen LogP contribution is -2.36. The van der Waals surface area contributed by atoms with E-state index in [2.05, 4.69) is 30.2 Å². The molecule has 0 spiro atoms. The fourth-order valence-corrected chi connectivity index (χ4v) is 2.77. The third kappa shape index (κ3) is 4.60. The Balaban J connectivity index is 2.21. The highest BCUT2D eigenvalue weighted by atomic mass is 16.6. The Labute approximate surface area is 139 Å². The molecule has 1 aromatic rings. The Kier molecular flexibility index (Phi) is 5.50. The van der Waals surface area contributed by atoms with E-state index in [9.17, 15) is 4.79 Å². The summed E-state index contributed by atoms with van der Waals surface area (Å²) < 4.78 is 5.56. The third-order valence-electron chi connectivity index (χ3n) is 4.07. The van der Waals surface area contributed by atoms with Crippen LogP contribution in [-0.4, -0.2) is 34.2 Å². The summed E-state index contributed by atoms with van der Waals surface area (Å²) >= 11 is 0. The Morgan fingerprint density at radius 3 is 2.91 bits per heavy atom. The monoisotopic (exact) mass is 319 g/mol. The highest BCUT2D eigenvalue weighted by molar-refractivity contribution is 5.70. The molecule has 1 amide bonds. The molecule has 1 fully saturated rings. The molecule has 1 saturated heterocycles. The van der Waals surface area contributed by atoms with Crippen LogP contribution in [0.3, 0.4) is 0 Å². The van der Waals surface area contributed by atoms with Gasteiger partial charge in [0.15, 0.2) is 0 Å². The predicted molar refractivity (Wildman–Crippen MR) is 92.5 cm³/mol. The minimum atomic E-state index is -0.475. The number of carbonyl (C=O) groups is 1. The lowest BCUT2D eigenvalue weighted by Gasteiger charge is -2.29. The van der Waals surface area contributed by atoms with E-state index in [4.69, 9.17) is 4.74 Å². The second-order valence-corrected chi connectivity index (χ2v) is 7.23. The largest absolute Gasteiger partial charge is 0.444 e. The molecule has 0 radical (unpaired) electrons. The molecule has 1 N–H and O–H groups in total. The molecule has 0 aliphatic carbocycles. The van der Waals surface area contributed by atoms with Crippen LogP contribution in [0.5, 0.6) is 0 Å². The van der Waals surface area contributed by atoms with Crippen molar-refractivity contribution in [2.45, 2.75) is 71.6 Å². The standard InChI is InChI=1S/C18H29N3O2/c1-6-13(2)20-16-14(9-7-11-19-16)15-10-8-12-21(15)17(22)23-18(3,4)5/h7,9,11,13,15H,6,8,10,12H2,1-5H3,(H,19,20)/t13-,15-/m1/s1. The maximum Gasteiger partial charge on any atom is 0.410 e. The smallest absolute Gasteiger partial charge is 0.410 e. The summed E-state index contributed by atoms with van der Waals surface area (Å²) in [6, 6.07) is 4.37. The zero-order valence-corrected chi connectivity index (χ0v) is 14.9. The first-order valence-corrected chi connectivity index (χ1v) is 8.53. The highest BCUT2D eigenvalue weighted by Crippen LogP contribution is 2.36. The van der Waals surface area contributed by atoms with Crippen LogP contribution in [0.25, 0.3) is 0 Å². The van der Waals surface area contributed by atoms with Crippen molar-refractivity contribution in [3.05, 3.63) is 23.9 Å². The summed E-state index contributed by atoms with van der Waals surface area (Å²) in [4.78, 5) is 18.8. The van der Waals surface area contributed by atoms with Crippen molar-refractivity contribution < 1.29 is 9.53 Å². The van der Waals surface area contributed by atoms with Gasteiger partial charge in [-0.15, -0.1) is 0 Å². The van der Waals surface area contributed by atoms with Gasteiger partial charge in [0, 0.05) is 24.3 Å². The van der Waals surface area contributed by atoms with E-state index >= 15 is 0 Å². The minimum absolute atomic E-state index is 0.0325. The van der Waals surface area contributed by atoms with Crippen molar-refractivity contribution in [3.8, 4) is 0 Å². The molecular formula is C18H29N3O2. The number of amides is 1. The Bertz CT molecular complexity index is 539. The Hall–Kier alpha value is -1.78. The van der Waals surface area contributed by atoms with Gasteiger partial charge in [-0.2, -0.15) is 0 Å². The van der Waals surface area contributed by atoms with Crippen LogP contribution in [0.1, 0.15) is 65.5 Å². The molecular weight excluding hydrogens is 290 g/mol. The van der Waals surface area contributed by atoms with E-state index in [1.165, 1.54) is 0 Å². The van der Waals surface area contributed by atoms with Crippen LogP contribution in [0.15, 0.2) is 18.3 Å². The van der Waals surface area contributed by atoms with Gasteiger partial charge in [-0.1, -0.05) is 13.0 Å². The van der Waals surface area contributed by atoms with E-state index in [0.29, 0.717) is 6.04 Å². The van der Waals surface area contributed by atoms with Crippen LogP contribution in [0.2, 0.25) is 0 Å². The topological polar surface area (TPSA) is 54.5 Å². The third-order valence-corrected chi connectivity index (χ3v) is 4.07. The fraction of sp³-hybridized carbons (Fsp3) is 0.667. The number of nitrogens with one attached hydrogen (secondary N) is 1. The van der Waals surface area contributed by atoms with Gasteiger partial charge in [-0.25, -0.2) is 9.78 Å². The molecule has 0 saturated carbocycles. The summed E-state index contributed by atoms with van der Waals surface area (Å²) in [6.07, 6.45) is 4.51. The van der Waals surface area contributed by atoms with Crippen molar-refractivity contribution in [1.29, 1.82) is 0 Å². The summed E-state index contributed by atoms with van der Waals surface area (Å²) in [5.74, 6) is 0.877. The molecule has 2 heterocycles. The molecule has 2 atom stereocenters. The van der Waals surface area contributed by atoms with Crippen LogP contribution in [0.4, 0.5) is 10.6 Å². The van der Waals surface area contributed by atoms with E-state index in [-0.39, 0.29) is 12.1 Å². The number of hydrogen-bond acceptors (Lipinski definition) is 4. The van der Waals surface area contributed by atoms with Crippen molar-refractivity contribution in [2.24, 2.45) is 0 Å². The number of rotatable bonds is 4. The Morgan fingerprint density at radius 1 is 1.52 bits per heavy atom. The summed E-state index contributed by atoms with van der Waals surface area (Å²) in [5, 5.41) is 3.45. The number of nitrogens with zero attached hydrogens (tertiary/aromatic N) is 2. The second kappa shape index (κ2) is 7.20. The molecule has 23 heavy (non-hydrogen) atoms. The molecule has 1 aromatic heterocycles. The SMILES string of the molecule is CC[C@@H](C)Nc1ncccc1[C@H]1CCCN1C(=O)OC(C)(C)C. The number of carbonyl (C=O) groups excluding carboxylic acids is 1. The number of ether oxygens (including phenoxy) is 1. The van der Waals surface area contributed by atoms with E-state index in [1.54, 1.807) is 6.20 Å². The van der Waals surface area contributed by atoms with Crippen molar-refractivity contribution in [1.82, 2.24) is 9.88 Å². The first-order chi connectivity index (χ1) is 10.8. The van der Waals surface area contributed by atoms with Gasteiger partial charge in [-0.3, -0.25) is 0 Å². The number of hydrogen-bond donors (Lipinski definition) is 1. The van der Waals surface area contributed by atoms with Gasteiger partial charge < -0.3 is 15.0 Å². The normalized spacial score (nSPS) is 19.5. The maximum atomic E-state index is 12.5. The zero-order valence-electron chi connectivity index (χ0n) is 14.9. The number of likely N-dealkylation sites (tertiary alicyclic amines) is 1. The van der Waals surface area contributed by atoms with E-state index in [0.717, 1.165) is 37.2 Å². The van der Waals surface area contributed by atoms with Crippen LogP contribution < -0.4 is 5.32 Å². The van der Waals surface area contributed by atoms with Crippen molar-refractivity contribution in [2.75, 3.05) is 11.9 Å². The average molecular weight is 319 g/mol. The second-order valence-electron chi connectivity index (χ2n) is 7.23. The minimum Gasteiger partial charge on any atom is -0.444 e. The number of pyridine rings is 1. The van der Waals surface area contributed by atoms with Gasteiger partial charge in [0.05, 0.1) is 6.04 Å². The van der Waals surface area contributed by atoms with Gasteiger partial charge in [0.2, 0.25) is 0 Å². The predicted octanol–water partition coefficient (Wildman–Crippen LogP) is 4.36. The molecule has 0 aromatic carbocycles. The first-order valence-electron chi connectivity index (χ1n) is 8.53. The molecule has 1 aliphatic heterocycles. The number of aromatic nitrogens is 1. The number of anilines is 1. The summed E-state index contributed by atoms with van der Waals surface area (Å²) in [5.41, 5.74) is 0.605. The summed E-state index contributed by atoms with van der Waals surface area (Å²) in [7, 11) is 0. The first kappa shape index (κ1) is 17.6. The molecule has 5 heteroatoms. The van der Waals surface area contributed by atoms with Crippen LogP contribution >= 0.6 is 0 Å². The molecule has 128 valence electrons. The molecule has 1 aliphatic rings. The zero-order chi connectivity index (χ0) is 17.0. The van der Waals surface area contributed by atoms with Gasteiger partial charge in [-0.05, 0) is 53.0 Å². The Morgan fingerprint density at radius 2 is 2.26 bits per heavy atom. The highest BCUT2D eigenvalue weighted by Gasteiger charge is 2.34. The van der Waals surface area contributed by atoms with Crippen LogP contribution in [-0.2, 0) is 4.74 Å². The van der Waals surface area contributed by atoms with E-state index < -0.39 is 5.60 Å². The van der Waals surface area contributed by atoms with Gasteiger partial charge in [0.1, 0.15) is 11.4 Å². The van der Waals surface area contributed by atoms with Crippen molar-refractivity contribution in [3.63, 3.8) is 0 Å². The fourth-order valence-electron chi connectivity index (χ4n) is 2.77. The average Bonchev–Trinajstić information content (AvgIpc) is 2.95. The maximum absolute atomic E-state index is 12.5. The lowest BCUT2D eigenvalue weighted by atomic mass is 10.0. The molecule has 2 rings (SSSR count). The van der Waals surface area contributed by atoms with Gasteiger partial charge >= 0.3 is 6.09 Å².